The van der Waals surface area contributed by atoms with Crippen molar-refractivity contribution in [3.05, 3.63) is 83.1 Å². The quantitative estimate of drug-likeness (QED) is 0.0952. The van der Waals surface area contributed by atoms with Crippen LogP contribution in [-0.2, 0) is 30.9 Å². The standard InChI is InChI=1S/C39H47N13O5/c1-5-51-30(21-25(3)46-51)36(54)44-38-43-29-23-27(34(40)53)24-32(57-18-10-13-48-16-19-56-20-17-48)33(29)49(38)14-7-8-15-50-35-28(11-9-12-41-35)42-39(50)45-37(55)31-22-26(4)47-52(31)6-2/h7-9,11-12,21-24H,5-6,10,13-20H2,1-4H3,(H2,40,53)(H,42,45,55)(H,43,44,54)/b8-7+. The van der Waals surface area contributed by atoms with Gasteiger partial charge in [-0.2, -0.15) is 10.2 Å². The number of fused-ring (bicyclic) bond motifs is 2. The fourth-order valence-electron chi connectivity index (χ4n) is 6.91. The van der Waals surface area contributed by atoms with Gasteiger partial charge in [0.05, 0.1) is 36.7 Å². The Balaban J connectivity index is 1.20. The first kappa shape index (κ1) is 38.9. The Morgan fingerprint density at radius 2 is 1.47 bits per heavy atom. The molecule has 0 aliphatic carbocycles. The number of nitrogens with two attached hydrogens (primary N) is 1. The first-order valence-electron chi connectivity index (χ1n) is 19.1. The molecule has 1 saturated heterocycles. The molecule has 7 rings (SSSR count). The Hall–Kier alpha value is -6.40. The Bertz CT molecular complexity index is 2450. The van der Waals surface area contributed by atoms with Crippen LogP contribution in [-0.4, -0.2) is 106 Å². The summed E-state index contributed by atoms with van der Waals surface area (Å²) in [6.45, 7) is 13.4. The lowest BCUT2D eigenvalue weighted by atomic mass is 10.1. The highest BCUT2D eigenvalue weighted by atomic mass is 16.5. The lowest BCUT2D eigenvalue weighted by Crippen LogP contribution is -2.37. The minimum absolute atomic E-state index is 0.231. The van der Waals surface area contributed by atoms with Crippen LogP contribution in [0.25, 0.3) is 22.2 Å². The summed E-state index contributed by atoms with van der Waals surface area (Å²) in [6.07, 6.45) is 6.25. The second-order valence-electron chi connectivity index (χ2n) is 13.7. The predicted octanol–water partition coefficient (Wildman–Crippen LogP) is 3.79. The highest BCUT2D eigenvalue weighted by Gasteiger charge is 2.23. The van der Waals surface area contributed by atoms with E-state index in [9.17, 15) is 14.4 Å². The number of morpholine rings is 1. The number of nitrogens with zero attached hydrogens (tertiary/aromatic N) is 10. The van der Waals surface area contributed by atoms with Gasteiger partial charge in [0, 0.05) is 57.6 Å². The number of amides is 3. The number of hydrogen-bond acceptors (Lipinski definition) is 11. The molecule has 4 N–H and O–H groups in total. The van der Waals surface area contributed by atoms with Crippen molar-refractivity contribution in [2.45, 2.75) is 60.3 Å². The molecule has 5 aromatic heterocycles. The fraction of sp³-hybridized carbons (Fsp3) is 0.385. The number of anilines is 2. The first-order valence-corrected chi connectivity index (χ1v) is 19.1. The monoisotopic (exact) mass is 777 g/mol. The number of allylic oxidation sites excluding steroid dienone is 2. The number of carbonyl (C=O) groups is 3. The molecule has 298 valence electrons. The molecule has 57 heavy (non-hydrogen) atoms. The summed E-state index contributed by atoms with van der Waals surface area (Å²) in [4.78, 5) is 55.9. The van der Waals surface area contributed by atoms with Crippen LogP contribution >= 0.6 is 0 Å². The molecule has 1 aromatic carbocycles. The van der Waals surface area contributed by atoms with Crippen LogP contribution in [0.1, 0.15) is 63.0 Å². The molecule has 0 radical (unpaired) electrons. The van der Waals surface area contributed by atoms with Gasteiger partial charge >= 0.3 is 0 Å². The van der Waals surface area contributed by atoms with Gasteiger partial charge in [-0.3, -0.25) is 43.8 Å². The van der Waals surface area contributed by atoms with Gasteiger partial charge in [-0.05, 0) is 70.5 Å². The third-order valence-electron chi connectivity index (χ3n) is 9.64. The number of primary amides is 1. The summed E-state index contributed by atoms with van der Waals surface area (Å²) < 4.78 is 18.8. The van der Waals surface area contributed by atoms with Crippen LogP contribution < -0.4 is 21.1 Å². The summed E-state index contributed by atoms with van der Waals surface area (Å²) in [5.74, 6) is -0.374. The average Bonchev–Trinajstić information content (AvgIpc) is 3.97. The number of imidazole rings is 2. The number of benzene rings is 1. The zero-order chi connectivity index (χ0) is 40.1. The van der Waals surface area contributed by atoms with Crippen LogP contribution in [0.3, 0.4) is 0 Å². The molecule has 0 spiro atoms. The second-order valence-corrected chi connectivity index (χ2v) is 13.7. The molecule has 1 aliphatic rings. The molecule has 0 saturated carbocycles. The molecule has 1 aliphatic heterocycles. The zero-order valence-corrected chi connectivity index (χ0v) is 32.6. The van der Waals surface area contributed by atoms with Crippen LogP contribution in [0.15, 0.2) is 54.7 Å². The van der Waals surface area contributed by atoms with Crippen molar-refractivity contribution in [2.24, 2.45) is 5.73 Å². The van der Waals surface area contributed by atoms with E-state index in [1.807, 2.05) is 55.0 Å². The van der Waals surface area contributed by atoms with E-state index < -0.39 is 11.8 Å². The van der Waals surface area contributed by atoms with E-state index >= 15 is 0 Å². The van der Waals surface area contributed by atoms with Gasteiger partial charge < -0.3 is 19.8 Å². The Morgan fingerprint density at radius 1 is 0.860 bits per heavy atom. The molecule has 6 heterocycles. The van der Waals surface area contributed by atoms with Gasteiger partial charge in [-0.1, -0.05) is 12.2 Å². The summed E-state index contributed by atoms with van der Waals surface area (Å²) in [7, 11) is 0. The molecular formula is C39H47N13O5. The highest BCUT2D eigenvalue weighted by molar-refractivity contribution is 6.04. The van der Waals surface area contributed by atoms with E-state index in [-0.39, 0.29) is 24.0 Å². The normalized spacial score (nSPS) is 13.5. The maximum atomic E-state index is 13.7. The van der Waals surface area contributed by atoms with E-state index in [0.29, 0.717) is 90.4 Å². The third-order valence-corrected chi connectivity index (χ3v) is 9.64. The first-order chi connectivity index (χ1) is 27.6. The van der Waals surface area contributed by atoms with Gasteiger partial charge in [-0.25, -0.2) is 15.0 Å². The highest BCUT2D eigenvalue weighted by Crippen LogP contribution is 2.32. The number of pyridine rings is 1. The van der Waals surface area contributed by atoms with E-state index in [1.165, 1.54) is 0 Å². The van der Waals surface area contributed by atoms with Crippen LogP contribution in [0.2, 0.25) is 0 Å². The van der Waals surface area contributed by atoms with E-state index in [0.717, 1.165) is 31.7 Å². The van der Waals surface area contributed by atoms with Crippen molar-refractivity contribution in [1.29, 1.82) is 0 Å². The van der Waals surface area contributed by atoms with Gasteiger partial charge in [-0.15, -0.1) is 0 Å². The fourth-order valence-corrected chi connectivity index (χ4v) is 6.91. The van der Waals surface area contributed by atoms with Crippen molar-refractivity contribution >= 4 is 51.8 Å². The molecule has 0 unspecified atom stereocenters. The average molecular weight is 778 g/mol. The topological polar surface area (TPSA) is 207 Å². The number of aromatic nitrogens is 9. The van der Waals surface area contributed by atoms with Crippen molar-refractivity contribution in [3.63, 3.8) is 0 Å². The van der Waals surface area contributed by atoms with E-state index in [1.54, 1.807) is 45.9 Å². The summed E-state index contributed by atoms with van der Waals surface area (Å²) in [6, 6.07) is 10.3. The number of aryl methyl sites for hydroxylation is 4. The number of nitrogens with one attached hydrogen (secondary N) is 2. The Kier molecular flexibility index (Phi) is 11.7. The van der Waals surface area contributed by atoms with Crippen molar-refractivity contribution in [3.8, 4) is 5.75 Å². The molecule has 18 nitrogen and oxygen atoms in total. The van der Waals surface area contributed by atoms with Gasteiger partial charge in [0.1, 0.15) is 28.2 Å². The van der Waals surface area contributed by atoms with Gasteiger partial charge in [0.2, 0.25) is 17.8 Å². The molecule has 6 aromatic rings. The van der Waals surface area contributed by atoms with Gasteiger partial charge in [0.15, 0.2) is 5.65 Å². The summed E-state index contributed by atoms with van der Waals surface area (Å²) >= 11 is 0. The number of hydrogen-bond donors (Lipinski definition) is 3. The third kappa shape index (κ3) is 8.56. The lowest BCUT2D eigenvalue weighted by Gasteiger charge is -2.26. The minimum Gasteiger partial charge on any atom is -0.491 e. The second kappa shape index (κ2) is 17.2. The molecule has 1 fully saturated rings. The lowest BCUT2D eigenvalue weighted by molar-refractivity contribution is 0.0358. The minimum atomic E-state index is -0.629. The maximum Gasteiger partial charge on any atom is 0.276 e. The largest absolute Gasteiger partial charge is 0.491 e. The molecule has 18 heteroatoms. The number of carbonyl (C=O) groups excluding carboxylic acids is 3. The number of ether oxygens (including phenoxy) is 2. The Morgan fingerprint density at radius 3 is 2.11 bits per heavy atom. The Labute approximate surface area is 328 Å². The summed E-state index contributed by atoms with van der Waals surface area (Å²) in [5.41, 5.74) is 10.5. The molecule has 0 atom stereocenters. The summed E-state index contributed by atoms with van der Waals surface area (Å²) in [5, 5.41) is 14.8. The van der Waals surface area contributed by atoms with Crippen LogP contribution in [0, 0.1) is 13.8 Å². The van der Waals surface area contributed by atoms with E-state index in [4.69, 9.17) is 20.2 Å². The predicted molar refractivity (Wildman–Crippen MR) is 213 cm³/mol. The van der Waals surface area contributed by atoms with Crippen molar-refractivity contribution in [1.82, 2.24) is 48.5 Å². The van der Waals surface area contributed by atoms with Crippen LogP contribution in [0.4, 0.5) is 11.9 Å². The van der Waals surface area contributed by atoms with Crippen LogP contribution in [0.5, 0.6) is 5.75 Å². The molecule has 3 amide bonds. The SMILES string of the molecule is CCn1nc(C)cc1C(=O)Nc1nc2cccnc2n1C/C=C/Cn1c(NC(=O)c2cc(C)nn2CC)nc2cc(C(N)=O)cc(OCCCN3CCOCC3)c21. The smallest absolute Gasteiger partial charge is 0.276 e. The van der Waals surface area contributed by atoms with Crippen molar-refractivity contribution < 1.29 is 23.9 Å². The van der Waals surface area contributed by atoms with Crippen molar-refractivity contribution in [2.75, 3.05) is 50.1 Å². The maximum absolute atomic E-state index is 13.7. The van der Waals surface area contributed by atoms with E-state index in [2.05, 4.69) is 35.7 Å². The van der Waals surface area contributed by atoms with Gasteiger partial charge in [0.25, 0.3) is 11.8 Å². The molecule has 0 bridgehead atoms. The number of rotatable bonds is 16. The molecular weight excluding hydrogens is 731 g/mol. The zero-order valence-electron chi connectivity index (χ0n) is 32.6.